The van der Waals surface area contributed by atoms with Crippen molar-refractivity contribution >= 4 is 0 Å². The second-order valence-electron chi connectivity index (χ2n) is 6.28. The smallest absolute Gasteiger partial charge is 0.0415 e. The molecule has 0 saturated heterocycles. The number of hydrogen-bond donors (Lipinski definition) is 1. The molecule has 0 unspecified atom stereocenters. The third-order valence-corrected chi connectivity index (χ3v) is 5.25. The van der Waals surface area contributed by atoms with E-state index in [1.165, 1.54) is 36.8 Å². The fourth-order valence-corrected chi connectivity index (χ4v) is 4.34. The summed E-state index contributed by atoms with van der Waals surface area (Å²) >= 11 is 0. The van der Waals surface area contributed by atoms with Gasteiger partial charge in [-0.25, -0.2) is 0 Å². The van der Waals surface area contributed by atoms with Gasteiger partial charge < -0.3 is 5.73 Å². The van der Waals surface area contributed by atoms with E-state index < -0.39 is 0 Å². The molecule has 0 spiro atoms. The molecule has 0 atom stereocenters. The fraction of sp³-hybridized carbons (Fsp3) is 0.647. The van der Waals surface area contributed by atoms with Gasteiger partial charge in [0.2, 0.25) is 0 Å². The van der Waals surface area contributed by atoms with Crippen molar-refractivity contribution in [1.82, 2.24) is 4.90 Å². The molecule has 0 bridgehead atoms. The number of nitrogens with zero attached hydrogens (tertiary/aromatic N) is 1. The molecule has 2 heteroatoms. The van der Waals surface area contributed by atoms with Gasteiger partial charge in [-0.15, -0.1) is 0 Å². The van der Waals surface area contributed by atoms with Crippen LogP contribution in [0.2, 0.25) is 0 Å². The molecule has 2 nitrogen and oxygen atoms in total. The first-order valence-corrected chi connectivity index (χ1v) is 7.83. The Morgan fingerprint density at radius 2 is 1.74 bits per heavy atom. The first-order valence-electron chi connectivity index (χ1n) is 7.83. The van der Waals surface area contributed by atoms with Crippen molar-refractivity contribution in [1.29, 1.82) is 0 Å². The van der Waals surface area contributed by atoms with Crippen molar-refractivity contribution in [3.05, 3.63) is 35.4 Å². The van der Waals surface area contributed by atoms with Crippen molar-refractivity contribution in [2.24, 2.45) is 5.73 Å². The molecule has 104 valence electrons. The highest BCUT2D eigenvalue weighted by Gasteiger charge is 2.43. The van der Waals surface area contributed by atoms with E-state index in [4.69, 9.17) is 5.73 Å². The minimum absolute atomic E-state index is 0.188. The number of hydrogen-bond acceptors (Lipinski definition) is 2. The molecule has 19 heavy (non-hydrogen) atoms. The van der Waals surface area contributed by atoms with Crippen molar-refractivity contribution in [3.63, 3.8) is 0 Å². The van der Waals surface area contributed by atoms with E-state index in [9.17, 15) is 0 Å². The first kappa shape index (κ1) is 13.1. The van der Waals surface area contributed by atoms with Crippen molar-refractivity contribution in [2.75, 3.05) is 13.1 Å². The van der Waals surface area contributed by atoms with Crippen LogP contribution in [0.15, 0.2) is 24.3 Å². The average Bonchev–Trinajstić information content (AvgIpc) is 3.07. The molecule has 1 fully saturated rings. The van der Waals surface area contributed by atoms with Crippen LogP contribution >= 0.6 is 0 Å². The molecule has 0 aliphatic heterocycles. The van der Waals surface area contributed by atoms with Gasteiger partial charge in [-0.2, -0.15) is 0 Å². The summed E-state index contributed by atoms with van der Waals surface area (Å²) in [6.45, 7) is 4.22. The Hall–Kier alpha value is -0.860. The second kappa shape index (κ2) is 5.26. The number of fused-ring (bicyclic) bond motifs is 1. The Morgan fingerprint density at radius 1 is 1.16 bits per heavy atom. The van der Waals surface area contributed by atoms with Crippen LogP contribution in [0.25, 0.3) is 0 Å². The summed E-state index contributed by atoms with van der Waals surface area (Å²) < 4.78 is 0. The standard InChI is InChI=1S/C17H26N2/c1-2-19(16-9-5-6-10-16)17(13-18)11-14-7-3-4-8-15(14)12-17/h3-4,7-8,16H,2,5-6,9-13,18H2,1H3. The largest absolute Gasteiger partial charge is 0.329 e. The van der Waals surface area contributed by atoms with E-state index in [1.807, 2.05) is 0 Å². The molecule has 0 radical (unpaired) electrons. The minimum atomic E-state index is 0.188. The maximum atomic E-state index is 6.25. The van der Waals surface area contributed by atoms with E-state index in [0.717, 1.165) is 32.0 Å². The normalized spacial score (nSPS) is 22.1. The van der Waals surface area contributed by atoms with Crippen LogP contribution in [-0.4, -0.2) is 29.6 Å². The molecule has 2 N–H and O–H groups in total. The highest BCUT2D eigenvalue weighted by Crippen LogP contribution is 2.38. The number of likely N-dealkylation sites (N-methyl/N-ethyl adjacent to an activating group) is 1. The fourth-order valence-electron chi connectivity index (χ4n) is 4.34. The maximum Gasteiger partial charge on any atom is 0.0415 e. The number of rotatable bonds is 4. The molecule has 1 saturated carbocycles. The maximum absolute atomic E-state index is 6.25. The Kier molecular flexibility index (Phi) is 3.64. The van der Waals surface area contributed by atoms with Gasteiger partial charge in [0.15, 0.2) is 0 Å². The lowest BCUT2D eigenvalue weighted by Crippen LogP contribution is -2.58. The molecular weight excluding hydrogens is 232 g/mol. The predicted molar refractivity (Wildman–Crippen MR) is 80.3 cm³/mol. The topological polar surface area (TPSA) is 29.3 Å². The minimum Gasteiger partial charge on any atom is -0.329 e. The van der Waals surface area contributed by atoms with Gasteiger partial charge in [-0.3, -0.25) is 4.90 Å². The summed E-state index contributed by atoms with van der Waals surface area (Å²) in [6, 6.07) is 9.67. The zero-order valence-corrected chi connectivity index (χ0v) is 12.1. The molecule has 2 aliphatic carbocycles. The lowest BCUT2D eigenvalue weighted by molar-refractivity contribution is 0.0622. The van der Waals surface area contributed by atoms with Gasteiger partial charge in [-0.05, 0) is 43.4 Å². The van der Waals surface area contributed by atoms with Gasteiger partial charge in [0.05, 0.1) is 0 Å². The quantitative estimate of drug-likeness (QED) is 0.900. The summed E-state index contributed by atoms with van der Waals surface area (Å²) in [5, 5.41) is 0. The van der Waals surface area contributed by atoms with Gasteiger partial charge in [0, 0.05) is 18.1 Å². The van der Waals surface area contributed by atoms with Crippen LogP contribution in [0.5, 0.6) is 0 Å². The lowest BCUT2D eigenvalue weighted by Gasteiger charge is -2.44. The Labute approximate surface area is 117 Å². The zero-order valence-electron chi connectivity index (χ0n) is 12.1. The molecule has 1 aromatic carbocycles. The van der Waals surface area contributed by atoms with E-state index in [0.29, 0.717) is 0 Å². The second-order valence-corrected chi connectivity index (χ2v) is 6.28. The molecule has 0 aromatic heterocycles. The van der Waals surface area contributed by atoms with E-state index in [2.05, 4.69) is 36.1 Å². The monoisotopic (exact) mass is 258 g/mol. The Balaban J connectivity index is 1.88. The number of benzene rings is 1. The highest BCUT2D eigenvalue weighted by molar-refractivity contribution is 5.36. The Morgan fingerprint density at radius 3 is 2.21 bits per heavy atom. The third-order valence-electron chi connectivity index (χ3n) is 5.25. The van der Waals surface area contributed by atoms with Crippen LogP contribution < -0.4 is 5.73 Å². The summed E-state index contributed by atoms with van der Waals surface area (Å²) in [5.74, 6) is 0. The molecule has 2 aliphatic rings. The summed E-state index contributed by atoms with van der Waals surface area (Å²) in [6.07, 6.45) is 7.81. The third kappa shape index (κ3) is 2.21. The molecular formula is C17H26N2. The highest BCUT2D eigenvalue weighted by atomic mass is 15.2. The summed E-state index contributed by atoms with van der Waals surface area (Å²) in [7, 11) is 0. The van der Waals surface area contributed by atoms with E-state index in [1.54, 1.807) is 0 Å². The number of nitrogens with two attached hydrogens (primary N) is 1. The zero-order chi connectivity index (χ0) is 13.3. The van der Waals surface area contributed by atoms with E-state index in [-0.39, 0.29) is 5.54 Å². The van der Waals surface area contributed by atoms with Crippen molar-refractivity contribution in [2.45, 2.75) is 57.0 Å². The molecule has 1 aromatic rings. The SMILES string of the molecule is CCN(C1CCCC1)C1(CN)Cc2ccccc2C1. The molecule has 3 rings (SSSR count). The van der Waals surface area contributed by atoms with Gasteiger partial charge >= 0.3 is 0 Å². The van der Waals surface area contributed by atoms with Crippen molar-refractivity contribution < 1.29 is 0 Å². The lowest BCUT2D eigenvalue weighted by atomic mass is 9.91. The van der Waals surface area contributed by atoms with Gasteiger partial charge in [0.1, 0.15) is 0 Å². The van der Waals surface area contributed by atoms with Crippen LogP contribution in [0.3, 0.4) is 0 Å². The van der Waals surface area contributed by atoms with Crippen LogP contribution in [0, 0.1) is 0 Å². The first-order chi connectivity index (χ1) is 9.29. The summed E-state index contributed by atoms with van der Waals surface area (Å²) in [4.78, 5) is 2.74. The molecule has 0 heterocycles. The van der Waals surface area contributed by atoms with E-state index >= 15 is 0 Å². The summed E-state index contributed by atoms with van der Waals surface area (Å²) in [5.41, 5.74) is 9.47. The average molecular weight is 258 g/mol. The van der Waals surface area contributed by atoms with Crippen LogP contribution in [0.4, 0.5) is 0 Å². The van der Waals surface area contributed by atoms with Crippen LogP contribution in [0.1, 0.15) is 43.7 Å². The predicted octanol–water partition coefficient (Wildman–Crippen LogP) is 2.75. The molecule has 0 amide bonds. The van der Waals surface area contributed by atoms with Crippen molar-refractivity contribution in [3.8, 4) is 0 Å². The Bertz CT molecular complexity index is 410. The van der Waals surface area contributed by atoms with Crippen LogP contribution in [-0.2, 0) is 12.8 Å². The van der Waals surface area contributed by atoms with Gasteiger partial charge in [-0.1, -0.05) is 44.0 Å². The van der Waals surface area contributed by atoms with Gasteiger partial charge in [0.25, 0.3) is 0 Å².